The molecule has 51 heavy (non-hydrogen) atoms. The first-order valence-corrected chi connectivity index (χ1v) is 21.5. The van der Waals surface area contributed by atoms with E-state index in [0.717, 1.165) is 57.8 Å². The predicted molar refractivity (Wildman–Crippen MR) is 223 cm³/mol. The summed E-state index contributed by atoms with van der Waals surface area (Å²) < 4.78 is 11.1. The van der Waals surface area contributed by atoms with Gasteiger partial charge < -0.3 is 14.6 Å². The summed E-state index contributed by atoms with van der Waals surface area (Å²) in [6, 6.07) is 0. The minimum atomic E-state index is -0.545. The van der Waals surface area contributed by atoms with E-state index in [9.17, 15) is 9.90 Å². The second-order valence-electron chi connectivity index (χ2n) is 14.0. The molecule has 1 N–H and O–H groups in total. The third-order valence-corrected chi connectivity index (χ3v) is 9.02. The molecule has 0 spiro atoms. The normalized spacial score (nSPS) is 13.1. The molecule has 0 aromatic rings. The van der Waals surface area contributed by atoms with Gasteiger partial charge in [-0.2, -0.15) is 0 Å². The summed E-state index contributed by atoms with van der Waals surface area (Å²) in [6.45, 7) is 5.18. The third-order valence-electron chi connectivity index (χ3n) is 9.02. The molecule has 4 nitrogen and oxygen atoms in total. The summed E-state index contributed by atoms with van der Waals surface area (Å²) in [7, 11) is 0. The van der Waals surface area contributed by atoms with Gasteiger partial charge in [0.25, 0.3) is 0 Å². The quantitative estimate of drug-likeness (QED) is 0.0392. The van der Waals surface area contributed by atoms with E-state index in [4.69, 9.17) is 9.47 Å². The van der Waals surface area contributed by atoms with Gasteiger partial charge in [0, 0.05) is 13.0 Å². The second kappa shape index (κ2) is 44.0. The van der Waals surface area contributed by atoms with Crippen LogP contribution in [0.4, 0.5) is 0 Å². The highest BCUT2D eigenvalue weighted by atomic mass is 16.6. The number of carbonyl (C=O) groups is 1. The van der Waals surface area contributed by atoms with Crippen molar-refractivity contribution in [2.24, 2.45) is 0 Å². The molecule has 0 fully saturated rings. The van der Waals surface area contributed by atoms with Crippen molar-refractivity contribution >= 4 is 5.97 Å². The molecule has 0 rings (SSSR count). The number of aliphatic hydroxyl groups excluding tert-OH is 1. The largest absolute Gasteiger partial charge is 0.457 e. The van der Waals surface area contributed by atoms with Crippen molar-refractivity contribution in [3.63, 3.8) is 0 Å². The maximum absolute atomic E-state index is 12.2. The Morgan fingerprint density at radius 3 is 1.33 bits per heavy atom. The van der Waals surface area contributed by atoms with E-state index in [-0.39, 0.29) is 19.2 Å². The molecule has 0 saturated carbocycles. The molecular weight excluding hydrogens is 629 g/mol. The first-order valence-electron chi connectivity index (χ1n) is 21.5. The Balaban J connectivity index is 3.47. The van der Waals surface area contributed by atoms with Crippen molar-refractivity contribution in [3.05, 3.63) is 72.9 Å². The number of rotatable bonds is 39. The van der Waals surface area contributed by atoms with Crippen LogP contribution in [-0.4, -0.2) is 37.0 Å². The number of ether oxygens (including phenoxy) is 2. The molecule has 1 atom stereocenters. The fraction of sp³-hybridized carbons (Fsp3) is 0.723. The Morgan fingerprint density at radius 1 is 0.490 bits per heavy atom. The van der Waals surface area contributed by atoms with Crippen LogP contribution in [0, 0.1) is 0 Å². The van der Waals surface area contributed by atoms with Crippen LogP contribution >= 0.6 is 0 Å². The minimum Gasteiger partial charge on any atom is -0.457 e. The third kappa shape index (κ3) is 42.1. The van der Waals surface area contributed by atoms with Crippen LogP contribution in [0.15, 0.2) is 72.9 Å². The molecule has 0 aliphatic rings. The Kier molecular flexibility index (Phi) is 42.1. The zero-order valence-electron chi connectivity index (χ0n) is 33.6. The van der Waals surface area contributed by atoms with E-state index in [0.29, 0.717) is 13.0 Å². The molecule has 0 bridgehead atoms. The second-order valence-corrected chi connectivity index (χ2v) is 14.0. The lowest BCUT2D eigenvalue weighted by Crippen LogP contribution is -2.27. The SMILES string of the molecule is CC/C=C\C/C=C\C/C=C\C/C=C\CCCCCCCCCCCCC(=O)OC(CO)COCCCCCCCC/C=C\C/C=C\CCCCC. The number of esters is 1. The zero-order valence-corrected chi connectivity index (χ0v) is 33.6. The van der Waals surface area contributed by atoms with Crippen molar-refractivity contribution in [2.45, 2.75) is 200 Å². The number of unbranched alkanes of at least 4 members (excludes halogenated alkanes) is 19. The summed E-state index contributed by atoms with van der Waals surface area (Å²) in [4.78, 5) is 12.2. The monoisotopic (exact) mass is 711 g/mol. The Morgan fingerprint density at radius 2 is 0.882 bits per heavy atom. The number of hydrogen-bond acceptors (Lipinski definition) is 4. The van der Waals surface area contributed by atoms with Gasteiger partial charge in [0.05, 0.1) is 13.2 Å². The van der Waals surface area contributed by atoms with Gasteiger partial charge in [-0.25, -0.2) is 0 Å². The van der Waals surface area contributed by atoms with Crippen molar-refractivity contribution in [3.8, 4) is 0 Å². The standard InChI is InChI=1S/C47H82O4/c1-3-5-7-9-11-13-15-17-19-21-22-23-24-25-26-27-28-30-32-34-36-38-40-42-47(49)51-46(44-48)45-50-43-41-39-37-35-33-31-29-20-18-16-14-12-10-8-6-4-2/h5,7,11-14,17-20,22-23,46,48H,3-4,6,8-10,15-16,21,24-45H2,1-2H3/b7-5-,13-11-,14-12-,19-17-,20-18-,23-22-. The van der Waals surface area contributed by atoms with Gasteiger partial charge in [0.15, 0.2) is 0 Å². The highest BCUT2D eigenvalue weighted by molar-refractivity contribution is 5.69. The average Bonchev–Trinajstić information content (AvgIpc) is 3.14. The average molecular weight is 711 g/mol. The molecule has 1 unspecified atom stereocenters. The number of carbonyl (C=O) groups excluding carboxylic acids is 1. The van der Waals surface area contributed by atoms with Crippen LogP contribution in [0.2, 0.25) is 0 Å². The molecule has 294 valence electrons. The number of allylic oxidation sites excluding steroid dienone is 12. The first kappa shape index (κ1) is 48.8. The Bertz CT molecular complexity index is 881. The van der Waals surface area contributed by atoms with Crippen LogP contribution in [0.5, 0.6) is 0 Å². The van der Waals surface area contributed by atoms with E-state index in [1.165, 1.54) is 116 Å². The van der Waals surface area contributed by atoms with Crippen LogP contribution < -0.4 is 0 Å². The van der Waals surface area contributed by atoms with E-state index >= 15 is 0 Å². The van der Waals surface area contributed by atoms with Crippen molar-refractivity contribution in [1.29, 1.82) is 0 Å². The highest BCUT2D eigenvalue weighted by Gasteiger charge is 2.13. The van der Waals surface area contributed by atoms with Crippen LogP contribution in [-0.2, 0) is 14.3 Å². The molecule has 0 radical (unpaired) electrons. The van der Waals surface area contributed by atoms with Gasteiger partial charge in [-0.1, -0.05) is 177 Å². The Hall–Kier alpha value is -2.17. The minimum absolute atomic E-state index is 0.181. The maximum Gasteiger partial charge on any atom is 0.306 e. The molecule has 0 aromatic carbocycles. The first-order chi connectivity index (χ1) is 25.2. The van der Waals surface area contributed by atoms with E-state index < -0.39 is 6.10 Å². The fourth-order valence-corrected chi connectivity index (χ4v) is 5.82. The lowest BCUT2D eigenvalue weighted by molar-refractivity contribution is -0.154. The topological polar surface area (TPSA) is 55.8 Å². The van der Waals surface area contributed by atoms with Crippen LogP contribution in [0.25, 0.3) is 0 Å². The van der Waals surface area contributed by atoms with E-state index in [1.807, 2.05) is 0 Å². The van der Waals surface area contributed by atoms with Crippen LogP contribution in [0.1, 0.15) is 194 Å². The van der Waals surface area contributed by atoms with Gasteiger partial charge in [0.1, 0.15) is 6.10 Å². The molecular formula is C47H82O4. The fourth-order valence-electron chi connectivity index (χ4n) is 5.82. The van der Waals surface area contributed by atoms with Gasteiger partial charge in [0.2, 0.25) is 0 Å². The van der Waals surface area contributed by atoms with E-state index in [2.05, 4.69) is 86.8 Å². The summed E-state index contributed by atoms with van der Waals surface area (Å²) in [5, 5.41) is 9.60. The molecule has 4 heteroatoms. The molecule has 0 amide bonds. The summed E-state index contributed by atoms with van der Waals surface area (Å²) >= 11 is 0. The predicted octanol–water partition coefficient (Wildman–Crippen LogP) is 14.2. The van der Waals surface area contributed by atoms with E-state index in [1.54, 1.807) is 0 Å². The van der Waals surface area contributed by atoms with Crippen molar-refractivity contribution in [2.75, 3.05) is 19.8 Å². The zero-order chi connectivity index (χ0) is 37.0. The lowest BCUT2D eigenvalue weighted by atomic mass is 10.0. The van der Waals surface area contributed by atoms with Gasteiger partial charge >= 0.3 is 5.97 Å². The maximum atomic E-state index is 12.2. The Labute approximate surface area is 317 Å². The number of hydrogen-bond donors (Lipinski definition) is 1. The number of aliphatic hydroxyl groups is 1. The highest BCUT2D eigenvalue weighted by Crippen LogP contribution is 2.13. The molecule has 0 aliphatic carbocycles. The van der Waals surface area contributed by atoms with Crippen molar-refractivity contribution < 1.29 is 19.4 Å². The molecule has 0 aliphatic heterocycles. The summed E-state index contributed by atoms with van der Waals surface area (Å²) in [6.07, 6.45) is 59.6. The van der Waals surface area contributed by atoms with Crippen molar-refractivity contribution in [1.82, 2.24) is 0 Å². The lowest BCUT2D eigenvalue weighted by Gasteiger charge is -2.15. The van der Waals surface area contributed by atoms with Gasteiger partial charge in [-0.05, 0) is 83.5 Å². The van der Waals surface area contributed by atoms with Gasteiger partial charge in [-0.15, -0.1) is 0 Å². The van der Waals surface area contributed by atoms with Gasteiger partial charge in [-0.3, -0.25) is 4.79 Å². The summed E-state index contributed by atoms with van der Waals surface area (Å²) in [5.74, 6) is -0.211. The molecule has 0 heterocycles. The summed E-state index contributed by atoms with van der Waals surface area (Å²) in [5.41, 5.74) is 0. The molecule has 0 aromatic heterocycles. The van der Waals surface area contributed by atoms with Crippen LogP contribution in [0.3, 0.4) is 0 Å². The smallest absolute Gasteiger partial charge is 0.306 e. The molecule has 0 saturated heterocycles.